The Bertz CT molecular complexity index is 234. The molecule has 0 aromatic rings. The van der Waals surface area contributed by atoms with E-state index in [2.05, 4.69) is 15.4 Å². The number of piperidine rings is 1. The first-order valence-electron chi connectivity index (χ1n) is 6.54. The lowest BCUT2D eigenvalue weighted by atomic mass is 10.0. The minimum absolute atomic E-state index is 0.0534. The third kappa shape index (κ3) is 7.55. The molecule has 106 valence electrons. The molecule has 1 aliphatic rings. The molecule has 1 amide bonds. The first-order chi connectivity index (χ1) is 8.68. The molecule has 1 heterocycles. The van der Waals surface area contributed by atoms with Gasteiger partial charge in [0.1, 0.15) is 6.61 Å². The smallest absolute Gasteiger partial charge is 0.261 e. The molecule has 0 radical (unpaired) electrons. The van der Waals surface area contributed by atoms with Gasteiger partial charge in [0, 0.05) is 19.0 Å². The van der Waals surface area contributed by atoms with Crippen LogP contribution in [-0.4, -0.2) is 44.7 Å². The summed E-state index contributed by atoms with van der Waals surface area (Å²) in [5.74, 6) is -0.139. The van der Waals surface area contributed by atoms with Gasteiger partial charge in [-0.15, -0.1) is 0 Å². The zero-order valence-corrected chi connectivity index (χ0v) is 10.6. The van der Waals surface area contributed by atoms with Gasteiger partial charge < -0.3 is 15.4 Å². The number of carbonyl (C=O) groups is 1. The average molecular weight is 264 g/mol. The normalized spacial score (nSPS) is 20.1. The van der Waals surface area contributed by atoms with Gasteiger partial charge in [-0.1, -0.05) is 6.42 Å². The van der Waals surface area contributed by atoms with Crippen LogP contribution in [0.15, 0.2) is 0 Å². The number of hydrogen-bond acceptors (Lipinski definition) is 3. The SMILES string of the molecule is O=C(CCOCC(F)F)NCCC1CCCCN1. The number of halogens is 2. The lowest BCUT2D eigenvalue weighted by Gasteiger charge is -2.23. The molecule has 1 atom stereocenters. The quantitative estimate of drug-likeness (QED) is 0.650. The van der Waals surface area contributed by atoms with Gasteiger partial charge in [0.05, 0.1) is 6.61 Å². The number of rotatable bonds is 8. The lowest BCUT2D eigenvalue weighted by Crippen LogP contribution is -2.37. The Morgan fingerprint density at radius 3 is 2.94 bits per heavy atom. The van der Waals surface area contributed by atoms with Crippen LogP contribution in [0, 0.1) is 0 Å². The van der Waals surface area contributed by atoms with Crippen molar-refractivity contribution in [1.29, 1.82) is 0 Å². The van der Waals surface area contributed by atoms with E-state index in [4.69, 9.17) is 0 Å². The van der Waals surface area contributed by atoms with Crippen molar-refractivity contribution in [3.63, 3.8) is 0 Å². The van der Waals surface area contributed by atoms with E-state index in [1.165, 1.54) is 12.8 Å². The number of carbonyl (C=O) groups excluding carboxylic acids is 1. The summed E-state index contributed by atoms with van der Waals surface area (Å²) in [5, 5.41) is 6.17. The summed E-state index contributed by atoms with van der Waals surface area (Å²) in [6, 6.07) is 0.495. The molecule has 0 aromatic heterocycles. The fourth-order valence-corrected chi connectivity index (χ4v) is 1.98. The molecule has 0 aliphatic carbocycles. The minimum atomic E-state index is -2.47. The fourth-order valence-electron chi connectivity index (χ4n) is 1.98. The van der Waals surface area contributed by atoms with Crippen LogP contribution in [0.5, 0.6) is 0 Å². The molecule has 1 fully saturated rings. The van der Waals surface area contributed by atoms with E-state index in [-0.39, 0.29) is 18.9 Å². The molecule has 0 bridgehead atoms. The van der Waals surface area contributed by atoms with Crippen molar-refractivity contribution in [2.24, 2.45) is 0 Å². The molecule has 0 spiro atoms. The fraction of sp³-hybridized carbons (Fsp3) is 0.917. The molecular weight excluding hydrogens is 242 g/mol. The van der Waals surface area contributed by atoms with Gasteiger partial charge in [-0.25, -0.2) is 8.78 Å². The van der Waals surface area contributed by atoms with Gasteiger partial charge in [-0.05, 0) is 25.8 Å². The topological polar surface area (TPSA) is 50.4 Å². The molecule has 1 unspecified atom stereocenters. The molecule has 4 nitrogen and oxygen atoms in total. The van der Waals surface area contributed by atoms with Crippen molar-refractivity contribution in [3.05, 3.63) is 0 Å². The molecule has 18 heavy (non-hydrogen) atoms. The first-order valence-corrected chi connectivity index (χ1v) is 6.54. The van der Waals surface area contributed by atoms with Crippen LogP contribution in [-0.2, 0) is 9.53 Å². The summed E-state index contributed by atoms with van der Waals surface area (Å²) in [7, 11) is 0. The molecule has 1 rings (SSSR count). The van der Waals surface area contributed by atoms with Crippen LogP contribution in [0.3, 0.4) is 0 Å². The second kappa shape index (κ2) is 9.22. The number of alkyl halides is 2. The summed E-state index contributed by atoms with van der Waals surface area (Å²) < 4.78 is 28.1. The third-order valence-corrected chi connectivity index (χ3v) is 2.94. The number of hydrogen-bond donors (Lipinski definition) is 2. The largest absolute Gasteiger partial charge is 0.375 e. The predicted octanol–water partition coefficient (Wildman–Crippen LogP) is 1.31. The highest BCUT2D eigenvalue weighted by Gasteiger charge is 2.12. The van der Waals surface area contributed by atoms with Crippen molar-refractivity contribution < 1.29 is 18.3 Å². The second-order valence-corrected chi connectivity index (χ2v) is 4.50. The zero-order chi connectivity index (χ0) is 13.2. The van der Waals surface area contributed by atoms with E-state index >= 15 is 0 Å². The maximum atomic E-state index is 11.7. The van der Waals surface area contributed by atoms with Crippen molar-refractivity contribution in [2.75, 3.05) is 26.3 Å². The van der Waals surface area contributed by atoms with Crippen molar-refractivity contribution in [3.8, 4) is 0 Å². The van der Waals surface area contributed by atoms with Crippen molar-refractivity contribution in [2.45, 2.75) is 44.6 Å². The molecular formula is C12H22F2N2O2. The van der Waals surface area contributed by atoms with Crippen LogP contribution in [0.25, 0.3) is 0 Å². The van der Waals surface area contributed by atoms with E-state index in [1.807, 2.05) is 0 Å². The summed E-state index contributed by atoms with van der Waals surface area (Å²) in [6.07, 6.45) is 2.23. The standard InChI is InChI=1S/C12H22F2N2O2/c13-11(14)9-18-8-5-12(17)16-7-4-10-3-1-2-6-15-10/h10-11,15H,1-9H2,(H,16,17). The van der Waals surface area contributed by atoms with Crippen LogP contribution in [0.4, 0.5) is 8.78 Å². The molecule has 2 N–H and O–H groups in total. The maximum absolute atomic E-state index is 11.7. The Labute approximate surface area is 106 Å². The Kier molecular flexibility index (Phi) is 7.84. The minimum Gasteiger partial charge on any atom is -0.375 e. The average Bonchev–Trinajstić information content (AvgIpc) is 2.36. The van der Waals surface area contributed by atoms with Crippen LogP contribution in [0.2, 0.25) is 0 Å². The van der Waals surface area contributed by atoms with Gasteiger partial charge in [0.15, 0.2) is 0 Å². The highest BCUT2D eigenvalue weighted by Crippen LogP contribution is 2.09. The summed E-state index contributed by atoms with van der Waals surface area (Å²) in [6.45, 7) is 1.14. The second-order valence-electron chi connectivity index (χ2n) is 4.50. The molecule has 1 saturated heterocycles. The summed E-state index contributed by atoms with van der Waals surface area (Å²) in [4.78, 5) is 11.3. The Morgan fingerprint density at radius 2 is 2.28 bits per heavy atom. The number of nitrogens with one attached hydrogen (secondary N) is 2. The van der Waals surface area contributed by atoms with Crippen LogP contribution < -0.4 is 10.6 Å². The third-order valence-electron chi connectivity index (χ3n) is 2.94. The lowest BCUT2D eigenvalue weighted by molar-refractivity contribution is -0.122. The van der Waals surface area contributed by atoms with Crippen molar-refractivity contribution >= 4 is 5.91 Å². The summed E-state index contributed by atoms with van der Waals surface area (Å²) >= 11 is 0. The molecule has 0 saturated carbocycles. The Balaban J connectivity index is 1.92. The number of ether oxygens (including phenoxy) is 1. The van der Waals surface area contributed by atoms with E-state index in [0.29, 0.717) is 12.6 Å². The van der Waals surface area contributed by atoms with Gasteiger partial charge in [0.25, 0.3) is 6.43 Å². The van der Waals surface area contributed by atoms with Gasteiger partial charge in [0.2, 0.25) is 5.91 Å². The van der Waals surface area contributed by atoms with E-state index in [1.54, 1.807) is 0 Å². The predicted molar refractivity (Wildman–Crippen MR) is 64.7 cm³/mol. The van der Waals surface area contributed by atoms with Crippen LogP contribution in [0.1, 0.15) is 32.1 Å². The summed E-state index contributed by atoms with van der Waals surface area (Å²) in [5.41, 5.74) is 0. The van der Waals surface area contributed by atoms with Gasteiger partial charge in [-0.3, -0.25) is 4.79 Å². The van der Waals surface area contributed by atoms with E-state index in [0.717, 1.165) is 19.4 Å². The molecule has 0 aromatic carbocycles. The zero-order valence-electron chi connectivity index (χ0n) is 10.6. The van der Waals surface area contributed by atoms with E-state index < -0.39 is 13.0 Å². The Morgan fingerprint density at radius 1 is 1.44 bits per heavy atom. The molecule has 6 heteroatoms. The Hall–Kier alpha value is -0.750. The van der Waals surface area contributed by atoms with Crippen molar-refractivity contribution in [1.82, 2.24) is 10.6 Å². The monoisotopic (exact) mass is 264 g/mol. The molecule has 1 aliphatic heterocycles. The maximum Gasteiger partial charge on any atom is 0.261 e. The first kappa shape index (κ1) is 15.3. The van der Waals surface area contributed by atoms with Gasteiger partial charge in [-0.2, -0.15) is 0 Å². The highest BCUT2D eigenvalue weighted by molar-refractivity contribution is 5.75. The van der Waals surface area contributed by atoms with E-state index in [9.17, 15) is 13.6 Å². The van der Waals surface area contributed by atoms with Crippen LogP contribution >= 0.6 is 0 Å². The van der Waals surface area contributed by atoms with Gasteiger partial charge >= 0.3 is 0 Å². The highest BCUT2D eigenvalue weighted by atomic mass is 19.3. The number of amides is 1.